The predicted molar refractivity (Wildman–Crippen MR) is 141 cm³/mol. The van der Waals surface area contributed by atoms with Crippen LogP contribution in [-0.4, -0.2) is 20.9 Å². The van der Waals surface area contributed by atoms with Gasteiger partial charge in [0, 0.05) is 48.4 Å². The molecule has 190 valence electrons. The fraction of sp³-hybridized carbons (Fsp3) is 0.0714. The minimum absolute atomic E-state index is 0.0446. The van der Waals surface area contributed by atoms with Gasteiger partial charge in [0.1, 0.15) is 23.2 Å². The van der Waals surface area contributed by atoms with Crippen LogP contribution < -0.4 is 20.8 Å². The molecule has 0 atom stereocenters. The molecule has 0 radical (unpaired) electrons. The number of carbonyl (C=O) groups is 1. The zero-order valence-electron chi connectivity index (χ0n) is 20.1. The van der Waals surface area contributed by atoms with Gasteiger partial charge >= 0.3 is 0 Å². The van der Waals surface area contributed by atoms with Gasteiger partial charge in [0.2, 0.25) is 11.3 Å². The fourth-order valence-corrected chi connectivity index (χ4v) is 3.80. The van der Waals surface area contributed by atoms with Crippen LogP contribution >= 0.6 is 0 Å². The second-order valence-electron chi connectivity index (χ2n) is 8.27. The largest absolute Gasteiger partial charge is 0.454 e. The van der Waals surface area contributed by atoms with Gasteiger partial charge < -0.3 is 20.4 Å². The van der Waals surface area contributed by atoms with E-state index in [1.165, 1.54) is 60.9 Å². The van der Waals surface area contributed by atoms with Crippen LogP contribution in [0, 0.1) is 11.6 Å². The summed E-state index contributed by atoms with van der Waals surface area (Å²) in [5, 5.41) is 5.89. The number of anilines is 3. The number of hydrogen-bond acceptors (Lipinski definition) is 6. The Balaban J connectivity index is 1.42. The molecule has 3 heterocycles. The highest BCUT2D eigenvalue weighted by atomic mass is 19.1. The number of amides is 1. The van der Waals surface area contributed by atoms with Crippen molar-refractivity contribution < 1.29 is 18.3 Å². The third-order valence-corrected chi connectivity index (χ3v) is 5.69. The van der Waals surface area contributed by atoms with Crippen LogP contribution in [0.1, 0.15) is 13.3 Å². The van der Waals surface area contributed by atoms with Crippen LogP contribution in [0.3, 0.4) is 0 Å². The van der Waals surface area contributed by atoms with Gasteiger partial charge in [-0.25, -0.2) is 18.7 Å². The monoisotopic (exact) mass is 513 g/mol. The number of aromatic amines is 1. The Kier molecular flexibility index (Phi) is 6.77. The molecule has 0 bridgehead atoms. The van der Waals surface area contributed by atoms with E-state index in [0.717, 1.165) is 0 Å². The van der Waals surface area contributed by atoms with Crippen molar-refractivity contribution in [2.45, 2.75) is 13.3 Å². The molecule has 0 saturated carbocycles. The molecule has 0 unspecified atom stereocenters. The lowest BCUT2D eigenvalue weighted by molar-refractivity contribution is -0.115. The van der Waals surface area contributed by atoms with Gasteiger partial charge in [-0.05, 0) is 42.0 Å². The number of nitrogens with zero attached hydrogens (tertiary/aromatic N) is 2. The summed E-state index contributed by atoms with van der Waals surface area (Å²) in [4.78, 5) is 36.3. The number of fused-ring (bicyclic) bond motifs is 1. The number of nitrogens with one attached hydrogen (secondary N) is 3. The molecule has 0 aliphatic heterocycles. The van der Waals surface area contributed by atoms with Crippen LogP contribution in [0.25, 0.3) is 22.0 Å². The molecule has 3 N–H and O–H groups in total. The van der Waals surface area contributed by atoms with E-state index in [1.807, 2.05) is 0 Å². The van der Waals surface area contributed by atoms with E-state index < -0.39 is 11.6 Å². The molecule has 0 aliphatic rings. The van der Waals surface area contributed by atoms with Crippen molar-refractivity contribution >= 4 is 34.1 Å². The van der Waals surface area contributed by atoms with Crippen molar-refractivity contribution in [2.75, 3.05) is 10.6 Å². The van der Waals surface area contributed by atoms with Crippen LogP contribution in [0.5, 0.6) is 11.5 Å². The second-order valence-corrected chi connectivity index (χ2v) is 8.27. The van der Waals surface area contributed by atoms with Crippen LogP contribution in [0.15, 0.2) is 84.0 Å². The van der Waals surface area contributed by atoms with Crippen molar-refractivity contribution in [1.82, 2.24) is 15.0 Å². The van der Waals surface area contributed by atoms with Crippen molar-refractivity contribution in [3.8, 4) is 22.6 Å². The molecule has 10 heteroatoms. The predicted octanol–water partition coefficient (Wildman–Crippen LogP) is 6.15. The summed E-state index contributed by atoms with van der Waals surface area (Å²) in [6, 6.07) is 14.5. The van der Waals surface area contributed by atoms with Gasteiger partial charge in [0.25, 0.3) is 0 Å². The summed E-state index contributed by atoms with van der Waals surface area (Å²) in [5.74, 6) is -0.504. The van der Waals surface area contributed by atoms with E-state index in [-0.39, 0.29) is 28.3 Å². The highest BCUT2D eigenvalue weighted by Crippen LogP contribution is 2.30. The summed E-state index contributed by atoms with van der Waals surface area (Å²) >= 11 is 0. The van der Waals surface area contributed by atoms with Crippen molar-refractivity contribution in [1.29, 1.82) is 0 Å². The molecular weight excluding hydrogens is 492 g/mol. The van der Waals surface area contributed by atoms with Crippen LogP contribution in [0.2, 0.25) is 0 Å². The summed E-state index contributed by atoms with van der Waals surface area (Å²) in [5.41, 5.74) is 1.44. The molecule has 0 fully saturated rings. The summed E-state index contributed by atoms with van der Waals surface area (Å²) in [7, 11) is 0. The number of pyridine rings is 3. The third kappa shape index (κ3) is 5.19. The lowest BCUT2D eigenvalue weighted by Crippen LogP contribution is -2.10. The Morgan fingerprint density at radius 1 is 1.00 bits per heavy atom. The van der Waals surface area contributed by atoms with Crippen LogP contribution in [0.4, 0.5) is 26.1 Å². The van der Waals surface area contributed by atoms with E-state index >= 15 is 0 Å². The minimum atomic E-state index is -0.660. The molecular formula is C28H21F2N5O3. The number of rotatable bonds is 7. The first-order valence-corrected chi connectivity index (χ1v) is 11.7. The van der Waals surface area contributed by atoms with Crippen molar-refractivity contribution in [2.24, 2.45) is 0 Å². The van der Waals surface area contributed by atoms with Crippen molar-refractivity contribution in [3.05, 3.63) is 101 Å². The Morgan fingerprint density at radius 2 is 1.79 bits per heavy atom. The normalized spacial score (nSPS) is 10.8. The summed E-state index contributed by atoms with van der Waals surface area (Å²) < 4.78 is 33.9. The Morgan fingerprint density at radius 3 is 2.55 bits per heavy atom. The average molecular weight is 514 g/mol. The van der Waals surface area contributed by atoms with E-state index in [9.17, 15) is 18.4 Å². The Hall–Kier alpha value is -5.12. The number of aromatic nitrogens is 3. The molecule has 8 nitrogen and oxygen atoms in total. The smallest absolute Gasteiger partial charge is 0.225 e. The Labute approximate surface area is 215 Å². The molecule has 0 saturated heterocycles. The van der Waals surface area contributed by atoms with Gasteiger partial charge in [-0.2, -0.15) is 0 Å². The van der Waals surface area contributed by atoms with Crippen molar-refractivity contribution in [3.63, 3.8) is 0 Å². The van der Waals surface area contributed by atoms with Gasteiger partial charge in [0.15, 0.2) is 11.6 Å². The number of ether oxygens (including phenoxy) is 1. The first-order valence-electron chi connectivity index (χ1n) is 11.7. The van der Waals surface area contributed by atoms with E-state index in [1.54, 1.807) is 25.3 Å². The maximum atomic E-state index is 14.9. The minimum Gasteiger partial charge on any atom is -0.454 e. The third-order valence-electron chi connectivity index (χ3n) is 5.69. The SMILES string of the molecule is CCC(=O)Nc1cc(Oc2ccc(Nc3nccc4[nH]cc(-c5ccc(F)cc5)c(=O)c34)cc2F)ccn1. The van der Waals surface area contributed by atoms with Gasteiger partial charge in [-0.15, -0.1) is 0 Å². The summed E-state index contributed by atoms with van der Waals surface area (Å²) in [6.45, 7) is 1.72. The van der Waals surface area contributed by atoms with Gasteiger partial charge in [-0.1, -0.05) is 19.1 Å². The molecule has 5 rings (SSSR count). The topological polar surface area (TPSA) is 109 Å². The fourth-order valence-electron chi connectivity index (χ4n) is 3.80. The maximum Gasteiger partial charge on any atom is 0.225 e. The molecule has 1 amide bonds. The number of H-pyrrole nitrogens is 1. The molecule has 3 aromatic heterocycles. The zero-order valence-corrected chi connectivity index (χ0v) is 20.1. The van der Waals surface area contributed by atoms with E-state index in [2.05, 4.69) is 25.6 Å². The second kappa shape index (κ2) is 10.5. The first kappa shape index (κ1) is 24.6. The van der Waals surface area contributed by atoms with Gasteiger partial charge in [0.05, 0.1) is 10.9 Å². The Bertz CT molecular complexity index is 1700. The van der Waals surface area contributed by atoms with E-state index in [0.29, 0.717) is 40.3 Å². The highest BCUT2D eigenvalue weighted by Gasteiger charge is 2.14. The van der Waals surface area contributed by atoms with Crippen LogP contribution in [-0.2, 0) is 4.79 Å². The molecule has 2 aromatic carbocycles. The van der Waals surface area contributed by atoms with E-state index in [4.69, 9.17) is 4.74 Å². The molecule has 38 heavy (non-hydrogen) atoms. The number of benzene rings is 2. The number of carbonyl (C=O) groups excluding carboxylic acids is 1. The lowest BCUT2D eigenvalue weighted by atomic mass is 10.0. The highest BCUT2D eigenvalue weighted by molar-refractivity contribution is 5.93. The first-order chi connectivity index (χ1) is 18.4. The standard InChI is InChI=1S/C28H21F2N5O3/c1-2-25(36)35-24-14-19(9-11-31-24)38-23-8-7-18(13-21(23)30)34-28-26-22(10-12-32-28)33-15-20(27(26)37)16-3-5-17(29)6-4-16/h3-15H,2H2,1H3,(H,32,34)(H,33,37)(H,31,35,36). The average Bonchev–Trinajstić information content (AvgIpc) is 2.91. The maximum absolute atomic E-state index is 14.9. The zero-order chi connectivity index (χ0) is 26.6. The number of hydrogen-bond donors (Lipinski definition) is 3. The number of halogens is 2. The summed E-state index contributed by atoms with van der Waals surface area (Å²) in [6.07, 6.45) is 4.81. The molecule has 0 aliphatic carbocycles. The van der Waals surface area contributed by atoms with Gasteiger partial charge in [-0.3, -0.25) is 9.59 Å². The molecule has 0 spiro atoms. The quantitative estimate of drug-likeness (QED) is 0.241. The lowest BCUT2D eigenvalue weighted by Gasteiger charge is -2.12. The molecule has 5 aromatic rings.